The maximum absolute atomic E-state index is 11.3. The average molecular weight is 288 g/mol. The summed E-state index contributed by atoms with van der Waals surface area (Å²) in [5, 5.41) is 4.98. The fraction of sp³-hybridized carbons (Fsp3) is 0.364. The number of carbonyl (C=O) groups excluding carboxylic acids is 1. The van der Waals surface area contributed by atoms with Crippen LogP contribution in [0.1, 0.15) is 17.0 Å². The number of hydrogen-bond acceptors (Lipinski definition) is 4. The summed E-state index contributed by atoms with van der Waals surface area (Å²) in [6.45, 7) is 3.53. The van der Waals surface area contributed by atoms with Crippen LogP contribution in [0.15, 0.2) is 0 Å². The molecule has 5 nitrogen and oxygen atoms in total. The molecule has 0 aliphatic carbocycles. The second kappa shape index (κ2) is 4.74. The maximum Gasteiger partial charge on any atom is 0.310 e. The van der Waals surface area contributed by atoms with Crippen molar-refractivity contribution in [2.24, 2.45) is 0 Å². The zero-order valence-corrected chi connectivity index (χ0v) is 11.6. The van der Waals surface area contributed by atoms with Crippen LogP contribution in [0.2, 0.25) is 10.2 Å². The number of nitrogens with zero attached hydrogens (tertiary/aromatic N) is 3. The Labute approximate surface area is 114 Å². The van der Waals surface area contributed by atoms with E-state index < -0.39 is 0 Å². The average Bonchev–Trinajstić information content (AvgIpc) is 2.62. The number of fused-ring (bicyclic) bond motifs is 1. The highest BCUT2D eigenvalue weighted by Crippen LogP contribution is 2.26. The van der Waals surface area contributed by atoms with Gasteiger partial charge in [-0.15, -0.1) is 0 Å². The van der Waals surface area contributed by atoms with Crippen molar-refractivity contribution in [3.8, 4) is 0 Å². The highest BCUT2D eigenvalue weighted by atomic mass is 35.5. The van der Waals surface area contributed by atoms with E-state index in [-0.39, 0.29) is 12.4 Å². The van der Waals surface area contributed by atoms with Gasteiger partial charge in [0.15, 0.2) is 5.65 Å². The Kier molecular flexibility index (Phi) is 3.45. The van der Waals surface area contributed by atoms with Gasteiger partial charge in [-0.1, -0.05) is 23.2 Å². The van der Waals surface area contributed by atoms with Crippen LogP contribution in [-0.2, 0) is 16.0 Å². The van der Waals surface area contributed by atoms with Gasteiger partial charge in [-0.05, 0) is 13.8 Å². The molecule has 0 saturated carbocycles. The highest BCUT2D eigenvalue weighted by molar-refractivity contribution is 6.35. The summed E-state index contributed by atoms with van der Waals surface area (Å²) in [6.07, 6.45) is 0.0562. The number of hydrogen-bond donors (Lipinski definition) is 0. The quantitative estimate of drug-likeness (QED) is 0.629. The molecule has 96 valence electrons. The molecule has 0 saturated heterocycles. The SMILES string of the molecule is COC(=O)Cc1c(C)nc2c(Cl)c(C)nn2c1Cl. The number of halogens is 2. The summed E-state index contributed by atoms with van der Waals surface area (Å²) in [5.41, 5.74) is 2.36. The molecule has 0 atom stereocenters. The molecule has 0 N–H and O–H groups in total. The number of ether oxygens (including phenoxy) is 1. The van der Waals surface area contributed by atoms with Crippen molar-refractivity contribution in [2.75, 3.05) is 7.11 Å². The van der Waals surface area contributed by atoms with Gasteiger partial charge in [0.05, 0.1) is 19.2 Å². The lowest BCUT2D eigenvalue weighted by Gasteiger charge is -2.08. The molecule has 0 aliphatic rings. The van der Waals surface area contributed by atoms with E-state index in [1.807, 2.05) is 0 Å². The molecule has 2 rings (SSSR count). The van der Waals surface area contributed by atoms with E-state index in [1.165, 1.54) is 11.6 Å². The lowest BCUT2D eigenvalue weighted by Crippen LogP contribution is -2.10. The van der Waals surface area contributed by atoms with Gasteiger partial charge in [-0.2, -0.15) is 5.10 Å². The van der Waals surface area contributed by atoms with Crippen LogP contribution in [0.3, 0.4) is 0 Å². The van der Waals surface area contributed by atoms with E-state index in [4.69, 9.17) is 23.2 Å². The Morgan fingerprint density at radius 1 is 1.33 bits per heavy atom. The standard InChI is InChI=1S/C11H11Cl2N3O2/c1-5-7(4-8(17)18-3)10(13)16-11(14-5)9(12)6(2)15-16/h4H2,1-3H3. The third kappa shape index (κ3) is 2.04. The molecular weight excluding hydrogens is 277 g/mol. The maximum atomic E-state index is 11.3. The molecule has 0 radical (unpaired) electrons. The molecule has 7 heteroatoms. The number of methoxy groups -OCH3 is 1. The van der Waals surface area contributed by atoms with Gasteiger partial charge >= 0.3 is 5.97 Å². The zero-order valence-electron chi connectivity index (χ0n) is 10.1. The molecule has 0 amide bonds. The first-order valence-electron chi connectivity index (χ1n) is 5.22. The van der Waals surface area contributed by atoms with Crippen LogP contribution in [0.4, 0.5) is 0 Å². The van der Waals surface area contributed by atoms with Gasteiger partial charge in [0, 0.05) is 11.3 Å². The Morgan fingerprint density at radius 2 is 2.00 bits per heavy atom. The van der Waals surface area contributed by atoms with Crippen LogP contribution in [0, 0.1) is 13.8 Å². The second-order valence-electron chi connectivity index (χ2n) is 3.85. The molecule has 0 unspecified atom stereocenters. The number of carbonyl (C=O) groups is 1. The number of aromatic nitrogens is 3. The van der Waals surface area contributed by atoms with Crippen molar-refractivity contribution in [3.05, 3.63) is 27.1 Å². The zero-order chi connectivity index (χ0) is 13.4. The Balaban J connectivity index is 2.65. The lowest BCUT2D eigenvalue weighted by molar-refractivity contribution is -0.139. The Morgan fingerprint density at radius 3 is 2.61 bits per heavy atom. The van der Waals surface area contributed by atoms with Gasteiger partial charge in [0.25, 0.3) is 0 Å². The summed E-state index contributed by atoms with van der Waals surface area (Å²) >= 11 is 12.3. The smallest absolute Gasteiger partial charge is 0.310 e. The molecule has 18 heavy (non-hydrogen) atoms. The molecule has 2 aromatic heterocycles. The fourth-order valence-corrected chi connectivity index (χ4v) is 2.13. The minimum atomic E-state index is -0.379. The molecule has 0 bridgehead atoms. The van der Waals surface area contributed by atoms with Crippen molar-refractivity contribution >= 4 is 34.8 Å². The summed E-state index contributed by atoms with van der Waals surface area (Å²) in [4.78, 5) is 15.6. The summed E-state index contributed by atoms with van der Waals surface area (Å²) in [5.74, 6) is -0.379. The molecule has 2 heterocycles. The first kappa shape index (κ1) is 13.1. The van der Waals surface area contributed by atoms with Crippen molar-refractivity contribution in [2.45, 2.75) is 20.3 Å². The topological polar surface area (TPSA) is 56.5 Å². The Hall–Kier alpha value is -1.33. The number of esters is 1. The molecule has 0 aromatic carbocycles. The monoisotopic (exact) mass is 287 g/mol. The molecule has 0 aliphatic heterocycles. The van der Waals surface area contributed by atoms with E-state index in [0.717, 1.165) is 0 Å². The minimum absolute atomic E-state index is 0.0562. The van der Waals surface area contributed by atoms with Crippen LogP contribution in [0.5, 0.6) is 0 Å². The van der Waals surface area contributed by atoms with Crippen LogP contribution >= 0.6 is 23.2 Å². The van der Waals surface area contributed by atoms with E-state index in [2.05, 4.69) is 14.8 Å². The Bertz CT molecular complexity index is 637. The van der Waals surface area contributed by atoms with Gasteiger partial charge in [-0.25, -0.2) is 9.50 Å². The summed E-state index contributed by atoms with van der Waals surface area (Å²) < 4.78 is 6.06. The van der Waals surface area contributed by atoms with Gasteiger partial charge in [-0.3, -0.25) is 4.79 Å². The molecule has 2 aromatic rings. The van der Waals surface area contributed by atoms with Crippen molar-refractivity contribution in [1.29, 1.82) is 0 Å². The lowest BCUT2D eigenvalue weighted by atomic mass is 10.2. The van der Waals surface area contributed by atoms with Gasteiger partial charge < -0.3 is 4.74 Å². The number of aryl methyl sites for hydroxylation is 2. The third-order valence-electron chi connectivity index (χ3n) is 2.66. The highest BCUT2D eigenvalue weighted by Gasteiger charge is 2.18. The fourth-order valence-electron chi connectivity index (χ4n) is 1.65. The van der Waals surface area contributed by atoms with E-state index >= 15 is 0 Å². The van der Waals surface area contributed by atoms with Crippen LogP contribution in [-0.4, -0.2) is 27.7 Å². The third-order valence-corrected chi connectivity index (χ3v) is 3.49. The summed E-state index contributed by atoms with van der Waals surface area (Å²) in [6, 6.07) is 0. The first-order chi connectivity index (χ1) is 8.45. The van der Waals surface area contributed by atoms with Crippen LogP contribution < -0.4 is 0 Å². The predicted molar refractivity (Wildman–Crippen MR) is 68.2 cm³/mol. The minimum Gasteiger partial charge on any atom is -0.469 e. The van der Waals surface area contributed by atoms with Crippen molar-refractivity contribution < 1.29 is 9.53 Å². The molecule has 0 spiro atoms. The second-order valence-corrected chi connectivity index (χ2v) is 4.59. The largest absolute Gasteiger partial charge is 0.469 e. The van der Waals surface area contributed by atoms with Crippen molar-refractivity contribution in [1.82, 2.24) is 14.6 Å². The van der Waals surface area contributed by atoms with Crippen LogP contribution in [0.25, 0.3) is 5.65 Å². The van der Waals surface area contributed by atoms with E-state index in [1.54, 1.807) is 13.8 Å². The normalized spacial score (nSPS) is 10.9. The number of rotatable bonds is 2. The van der Waals surface area contributed by atoms with Crippen molar-refractivity contribution in [3.63, 3.8) is 0 Å². The molecular formula is C11H11Cl2N3O2. The first-order valence-corrected chi connectivity index (χ1v) is 5.98. The summed E-state index contributed by atoms with van der Waals surface area (Å²) in [7, 11) is 1.33. The van der Waals surface area contributed by atoms with E-state index in [9.17, 15) is 4.79 Å². The van der Waals surface area contributed by atoms with E-state index in [0.29, 0.717) is 32.8 Å². The molecule has 0 fully saturated rings. The predicted octanol–water partition coefficient (Wildman–Crippen LogP) is 2.37. The van der Waals surface area contributed by atoms with Gasteiger partial charge in [0.2, 0.25) is 0 Å². The van der Waals surface area contributed by atoms with Gasteiger partial charge in [0.1, 0.15) is 10.2 Å².